The van der Waals surface area contributed by atoms with Gasteiger partial charge in [0.05, 0.1) is 30.5 Å². The maximum Gasteiger partial charge on any atom is 0.417 e. The molecule has 0 aromatic heterocycles. The van der Waals surface area contributed by atoms with Crippen molar-refractivity contribution < 1.29 is 37.4 Å². The highest BCUT2D eigenvalue weighted by Gasteiger charge is 2.36. The van der Waals surface area contributed by atoms with Crippen molar-refractivity contribution >= 4 is 17.4 Å². The molecule has 0 aliphatic carbocycles. The van der Waals surface area contributed by atoms with Crippen LogP contribution in [0.4, 0.5) is 18.9 Å². The molecule has 0 saturated carbocycles. The lowest BCUT2D eigenvalue weighted by molar-refractivity contribution is -0.137. The molecule has 0 heterocycles. The summed E-state index contributed by atoms with van der Waals surface area (Å²) in [5.74, 6) is -1.84. The summed E-state index contributed by atoms with van der Waals surface area (Å²) in [6.07, 6.45) is -5.12. The van der Waals surface area contributed by atoms with Crippen LogP contribution in [-0.2, 0) is 15.7 Å². The van der Waals surface area contributed by atoms with Crippen molar-refractivity contribution in [3.05, 3.63) is 28.8 Å². The van der Waals surface area contributed by atoms with Gasteiger partial charge in [0.15, 0.2) is 5.78 Å². The molecule has 22 heavy (non-hydrogen) atoms. The number of nitrogens with one attached hydrogen (secondary N) is 1. The SMILES string of the molecule is COCCC(=O)c1cc(C(=O)OC)c(NO)cc1C(F)(F)F. The number of hydrogen-bond donors (Lipinski definition) is 2. The molecule has 0 fully saturated rings. The van der Waals surface area contributed by atoms with Gasteiger partial charge in [-0.25, -0.2) is 4.79 Å². The zero-order valence-corrected chi connectivity index (χ0v) is 11.8. The van der Waals surface area contributed by atoms with Gasteiger partial charge in [-0.05, 0) is 12.1 Å². The van der Waals surface area contributed by atoms with Crippen LogP contribution in [0.15, 0.2) is 12.1 Å². The van der Waals surface area contributed by atoms with Gasteiger partial charge in [-0.1, -0.05) is 0 Å². The van der Waals surface area contributed by atoms with Crippen LogP contribution in [0.3, 0.4) is 0 Å². The zero-order chi connectivity index (χ0) is 16.9. The van der Waals surface area contributed by atoms with Crippen LogP contribution < -0.4 is 5.48 Å². The van der Waals surface area contributed by atoms with E-state index in [1.54, 1.807) is 0 Å². The molecule has 0 amide bonds. The summed E-state index contributed by atoms with van der Waals surface area (Å²) in [6.45, 7) is -0.0658. The van der Waals surface area contributed by atoms with Crippen molar-refractivity contribution in [2.45, 2.75) is 12.6 Å². The van der Waals surface area contributed by atoms with Crippen LogP contribution in [0, 0.1) is 0 Å². The molecular formula is C13H14F3NO5. The van der Waals surface area contributed by atoms with Gasteiger partial charge in [-0.15, -0.1) is 0 Å². The average Bonchev–Trinajstić information content (AvgIpc) is 2.49. The summed E-state index contributed by atoms with van der Waals surface area (Å²) in [4.78, 5) is 23.5. The predicted octanol–water partition coefficient (Wildman–Crippen LogP) is 2.51. The molecule has 1 rings (SSSR count). The fourth-order valence-corrected chi connectivity index (χ4v) is 1.77. The Bertz CT molecular complexity index is 572. The van der Waals surface area contributed by atoms with Crippen LogP contribution in [0.1, 0.15) is 32.7 Å². The Morgan fingerprint density at radius 1 is 1.23 bits per heavy atom. The van der Waals surface area contributed by atoms with Gasteiger partial charge >= 0.3 is 12.1 Å². The number of rotatable bonds is 6. The maximum absolute atomic E-state index is 13.1. The summed E-state index contributed by atoms with van der Waals surface area (Å²) in [7, 11) is 2.32. The van der Waals surface area contributed by atoms with Gasteiger partial charge < -0.3 is 9.47 Å². The summed E-state index contributed by atoms with van der Waals surface area (Å²) in [5, 5.41) is 8.89. The molecule has 0 spiro atoms. The summed E-state index contributed by atoms with van der Waals surface area (Å²) in [5.41, 5.74) is -1.36. The monoisotopic (exact) mass is 321 g/mol. The van der Waals surface area contributed by atoms with Crippen LogP contribution in [0.5, 0.6) is 0 Å². The van der Waals surface area contributed by atoms with E-state index in [-0.39, 0.29) is 13.0 Å². The number of ether oxygens (including phenoxy) is 2. The smallest absolute Gasteiger partial charge is 0.417 e. The third-order valence-electron chi connectivity index (χ3n) is 2.82. The lowest BCUT2D eigenvalue weighted by Crippen LogP contribution is -2.17. The van der Waals surface area contributed by atoms with E-state index in [2.05, 4.69) is 9.47 Å². The first kappa shape index (κ1) is 17.9. The second-order valence-corrected chi connectivity index (χ2v) is 4.21. The third kappa shape index (κ3) is 3.95. The van der Waals surface area contributed by atoms with Crippen LogP contribution >= 0.6 is 0 Å². The number of carbonyl (C=O) groups excluding carboxylic acids is 2. The number of ketones is 1. The van der Waals surface area contributed by atoms with E-state index in [0.29, 0.717) is 6.07 Å². The molecule has 6 nitrogen and oxygen atoms in total. The minimum atomic E-state index is -4.84. The fraction of sp³-hybridized carbons (Fsp3) is 0.385. The van der Waals surface area contributed by atoms with Gasteiger partial charge in [0.2, 0.25) is 0 Å². The van der Waals surface area contributed by atoms with Crippen molar-refractivity contribution in [2.24, 2.45) is 0 Å². The topological polar surface area (TPSA) is 84.9 Å². The maximum atomic E-state index is 13.1. The molecule has 1 aromatic rings. The molecule has 1 aromatic carbocycles. The highest BCUT2D eigenvalue weighted by molar-refractivity contribution is 6.03. The molecule has 122 valence electrons. The zero-order valence-electron chi connectivity index (χ0n) is 11.8. The number of alkyl halides is 3. The minimum Gasteiger partial charge on any atom is -0.465 e. The first-order chi connectivity index (χ1) is 10.3. The van der Waals surface area contributed by atoms with E-state index >= 15 is 0 Å². The number of Topliss-reactive ketones (excluding diaryl/α,β-unsaturated/α-hetero) is 1. The Kier molecular flexibility index (Phi) is 5.89. The quantitative estimate of drug-likeness (QED) is 0.476. The van der Waals surface area contributed by atoms with Gasteiger partial charge in [0.25, 0.3) is 0 Å². The summed E-state index contributed by atoms with van der Waals surface area (Å²) in [6, 6.07) is 1.22. The van der Waals surface area contributed by atoms with Crippen molar-refractivity contribution in [3.8, 4) is 0 Å². The Hall–Kier alpha value is -2.13. The average molecular weight is 321 g/mol. The van der Waals surface area contributed by atoms with Gasteiger partial charge in [-0.3, -0.25) is 15.5 Å². The van der Waals surface area contributed by atoms with Gasteiger partial charge in [0.1, 0.15) is 0 Å². The number of halogens is 3. The van der Waals surface area contributed by atoms with E-state index in [0.717, 1.165) is 13.2 Å². The summed E-state index contributed by atoms with van der Waals surface area (Å²) < 4.78 is 48.2. The normalized spacial score (nSPS) is 11.2. The van der Waals surface area contributed by atoms with Gasteiger partial charge in [0, 0.05) is 19.1 Å². The number of esters is 1. The molecule has 0 saturated heterocycles. The standard InChI is InChI=1S/C13H14F3NO5/c1-21-4-3-11(18)7-5-8(12(19)22-2)10(17-20)6-9(7)13(14,15)16/h5-6,17,20H,3-4H2,1-2H3. The Labute approximate surface area is 123 Å². The highest BCUT2D eigenvalue weighted by atomic mass is 19.4. The number of anilines is 1. The summed E-state index contributed by atoms with van der Waals surface area (Å²) >= 11 is 0. The largest absolute Gasteiger partial charge is 0.465 e. The van der Waals surface area contributed by atoms with Gasteiger partial charge in [-0.2, -0.15) is 13.2 Å². The molecule has 0 bridgehead atoms. The van der Waals surface area contributed by atoms with Crippen LogP contribution in [-0.4, -0.2) is 37.8 Å². The second-order valence-electron chi connectivity index (χ2n) is 4.21. The van der Waals surface area contributed by atoms with E-state index in [4.69, 9.17) is 5.21 Å². The fourth-order valence-electron chi connectivity index (χ4n) is 1.77. The van der Waals surface area contributed by atoms with Crippen molar-refractivity contribution in [2.75, 3.05) is 26.3 Å². The Morgan fingerprint density at radius 2 is 1.86 bits per heavy atom. The van der Waals surface area contributed by atoms with Crippen LogP contribution in [0.25, 0.3) is 0 Å². The van der Waals surface area contributed by atoms with E-state index in [1.807, 2.05) is 0 Å². The van der Waals surface area contributed by atoms with Crippen molar-refractivity contribution in [1.82, 2.24) is 0 Å². The first-order valence-electron chi connectivity index (χ1n) is 6.02. The number of carbonyl (C=O) groups is 2. The molecule has 0 unspecified atom stereocenters. The third-order valence-corrected chi connectivity index (χ3v) is 2.82. The first-order valence-corrected chi connectivity index (χ1v) is 6.02. The lowest BCUT2D eigenvalue weighted by atomic mass is 9.97. The van der Waals surface area contributed by atoms with Crippen LogP contribution in [0.2, 0.25) is 0 Å². The minimum absolute atomic E-state index is 0.0658. The molecular weight excluding hydrogens is 307 g/mol. The number of hydrogen-bond acceptors (Lipinski definition) is 6. The van der Waals surface area contributed by atoms with E-state index in [9.17, 15) is 22.8 Å². The lowest BCUT2D eigenvalue weighted by Gasteiger charge is -2.16. The predicted molar refractivity (Wildman–Crippen MR) is 69.0 cm³/mol. The molecule has 0 radical (unpaired) electrons. The molecule has 0 atom stereocenters. The number of methoxy groups -OCH3 is 2. The van der Waals surface area contributed by atoms with Crippen molar-refractivity contribution in [3.63, 3.8) is 0 Å². The Balaban J connectivity index is 3.49. The molecule has 2 N–H and O–H groups in total. The highest BCUT2D eigenvalue weighted by Crippen LogP contribution is 2.36. The number of benzene rings is 1. The molecule has 0 aliphatic rings. The Morgan fingerprint density at radius 3 is 2.32 bits per heavy atom. The second kappa shape index (κ2) is 7.23. The van der Waals surface area contributed by atoms with E-state index in [1.165, 1.54) is 12.6 Å². The molecule has 9 heteroatoms. The van der Waals surface area contributed by atoms with E-state index < -0.39 is 40.3 Å². The van der Waals surface area contributed by atoms with Crippen molar-refractivity contribution in [1.29, 1.82) is 0 Å². The molecule has 0 aliphatic heterocycles.